The maximum absolute atomic E-state index is 5.79. The summed E-state index contributed by atoms with van der Waals surface area (Å²) in [7, 11) is 1.60. The Bertz CT molecular complexity index is 398. The van der Waals surface area contributed by atoms with E-state index >= 15 is 0 Å². The Balaban J connectivity index is 2.05. The summed E-state index contributed by atoms with van der Waals surface area (Å²) in [5.41, 5.74) is 6.38. The van der Waals surface area contributed by atoms with Gasteiger partial charge in [-0.05, 0) is 36.8 Å². The lowest BCUT2D eigenvalue weighted by atomic mass is 9.87. The van der Waals surface area contributed by atoms with Gasteiger partial charge in [-0.2, -0.15) is 4.98 Å². The summed E-state index contributed by atoms with van der Waals surface area (Å²) in [6.45, 7) is 6.77. The molecular formula is C14H23N3O. The van der Waals surface area contributed by atoms with Crippen molar-refractivity contribution in [3.05, 3.63) is 12.1 Å². The molecule has 2 N–H and O–H groups in total. The first-order chi connectivity index (χ1) is 8.61. The number of ether oxygens (including phenoxy) is 1. The molecule has 100 valence electrons. The fourth-order valence-corrected chi connectivity index (χ4v) is 2.58. The molecule has 1 fully saturated rings. The number of hydrogen-bond acceptors (Lipinski definition) is 4. The van der Waals surface area contributed by atoms with E-state index in [2.05, 4.69) is 23.7 Å². The number of rotatable bonds is 3. The molecule has 1 aromatic rings. The lowest BCUT2D eigenvalue weighted by Gasteiger charge is -2.34. The van der Waals surface area contributed by atoms with Crippen LogP contribution in [0, 0.1) is 11.8 Å². The van der Waals surface area contributed by atoms with Crippen molar-refractivity contribution >= 4 is 11.5 Å². The lowest BCUT2D eigenvalue weighted by molar-refractivity contribution is 0.310. The first-order valence-electron chi connectivity index (χ1n) is 6.67. The van der Waals surface area contributed by atoms with Crippen molar-refractivity contribution in [2.75, 3.05) is 30.8 Å². The van der Waals surface area contributed by atoms with Crippen LogP contribution in [-0.4, -0.2) is 25.2 Å². The Labute approximate surface area is 109 Å². The molecule has 0 bridgehead atoms. The standard InChI is InChI=1S/C14H23N3O/c1-10(2)11-6-8-17(9-7-11)13-5-4-12(15)14(16-13)18-3/h4-5,10-11H,6-9,15H2,1-3H3. The summed E-state index contributed by atoms with van der Waals surface area (Å²) in [4.78, 5) is 6.78. The highest BCUT2D eigenvalue weighted by Crippen LogP contribution is 2.29. The summed E-state index contributed by atoms with van der Waals surface area (Å²) in [6.07, 6.45) is 2.48. The largest absolute Gasteiger partial charge is 0.479 e. The van der Waals surface area contributed by atoms with Crippen LogP contribution in [0.4, 0.5) is 11.5 Å². The molecule has 2 rings (SSSR count). The maximum Gasteiger partial charge on any atom is 0.238 e. The average molecular weight is 249 g/mol. The van der Waals surface area contributed by atoms with E-state index in [-0.39, 0.29) is 0 Å². The van der Waals surface area contributed by atoms with Crippen molar-refractivity contribution in [3.63, 3.8) is 0 Å². The van der Waals surface area contributed by atoms with Crippen LogP contribution in [0.5, 0.6) is 5.88 Å². The molecule has 1 saturated heterocycles. The summed E-state index contributed by atoms with van der Waals surface area (Å²) >= 11 is 0. The van der Waals surface area contributed by atoms with Gasteiger partial charge in [-0.1, -0.05) is 13.8 Å². The van der Waals surface area contributed by atoms with Crippen LogP contribution in [0.25, 0.3) is 0 Å². The van der Waals surface area contributed by atoms with Crippen molar-refractivity contribution in [3.8, 4) is 5.88 Å². The van der Waals surface area contributed by atoms with Crippen LogP contribution in [0.15, 0.2) is 12.1 Å². The number of nitrogen functional groups attached to an aromatic ring is 1. The van der Waals surface area contributed by atoms with E-state index < -0.39 is 0 Å². The van der Waals surface area contributed by atoms with Crippen molar-refractivity contribution in [1.29, 1.82) is 0 Å². The predicted octanol–water partition coefficient (Wildman–Crippen LogP) is 2.54. The molecule has 1 aliphatic heterocycles. The van der Waals surface area contributed by atoms with Crippen molar-refractivity contribution in [1.82, 2.24) is 4.98 Å². The molecule has 0 atom stereocenters. The van der Waals surface area contributed by atoms with E-state index in [1.807, 2.05) is 12.1 Å². The van der Waals surface area contributed by atoms with Crippen molar-refractivity contribution < 1.29 is 4.74 Å². The van der Waals surface area contributed by atoms with Crippen molar-refractivity contribution in [2.45, 2.75) is 26.7 Å². The topological polar surface area (TPSA) is 51.4 Å². The minimum Gasteiger partial charge on any atom is -0.479 e. The fraction of sp³-hybridized carbons (Fsp3) is 0.643. The number of hydrogen-bond donors (Lipinski definition) is 1. The number of nitrogens with two attached hydrogens (primary N) is 1. The summed E-state index contributed by atoms with van der Waals surface area (Å²) in [5, 5.41) is 0. The molecule has 0 unspecified atom stereocenters. The number of pyridine rings is 1. The highest BCUT2D eigenvalue weighted by atomic mass is 16.5. The Morgan fingerprint density at radius 3 is 2.56 bits per heavy atom. The fourth-order valence-electron chi connectivity index (χ4n) is 2.58. The second-order valence-corrected chi connectivity index (χ2v) is 5.34. The molecule has 0 saturated carbocycles. The molecule has 1 aliphatic rings. The van der Waals surface area contributed by atoms with Crippen LogP contribution in [0.3, 0.4) is 0 Å². The van der Waals surface area contributed by atoms with E-state index in [0.29, 0.717) is 11.6 Å². The third kappa shape index (κ3) is 2.68. The molecule has 1 aromatic heterocycles. The Hall–Kier alpha value is -1.45. The third-order valence-corrected chi connectivity index (χ3v) is 3.87. The van der Waals surface area contributed by atoms with Gasteiger partial charge in [0.25, 0.3) is 0 Å². The van der Waals surface area contributed by atoms with Crippen LogP contribution >= 0.6 is 0 Å². The van der Waals surface area contributed by atoms with Gasteiger partial charge in [0.15, 0.2) is 0 Å². The molecule has 4 nitrogen and oxygen atoms in total. The molecule has 2 heterocycles. The second-order valence-electron chi connectivity index (χ2n) is 5.34. The zero-order chi connectivity index (χ0) is 13.1. The van der Waals surface area contributed by atoms with Crippen molar-refractivity contribution in [2.24, 2.45) is 11.8 Å². The number of anilines is 2. The Morgan fingerprint density at radius 1 is 1.33 bits per heavy atom. The second kappa shape index (κ2) is 5.46. The summed E-state index contributed by atoms with van der Waals surface area (Å²) < 4.78 is 5.17. The zero-order valence-corrected chi connectivity index (χ0v) is 11.5. The summed E-state index contributed by atoms with van der Waals surface area (Å²) in [6, 6.07) is 3.85. The van der Waals surface area contributed by atoms with Gasteiger partial charge in [0.1, 0.15) is 5.82 Å². The minimum absolute atomic E-state index is 0.526. The van der Waals surface area contributed by atoms with Crippen LogP contribution < -0.4 is 15.4 Å². The quantitative estimate of drug-likeness (QED) is 0.894. The molecule has 0 aromatic carbocycles. The first-order valence-corrected chi connectivity index (χ1v) is 6.67. The van der Waals surface area contributed by atoms with Gasteiger partial charge in [0.05, 0.1) is 12.8 Å². The maximum atomic E-state index is 5.79. The minimum atomic E-state index is 0.526. The average Bonchev–Trinajstić information content (AvgIpc) is 2.39. The van der Waals surface area contributed by atoms with Crippen LogP contribution in [-0.2, 0) is 0 Å². The number of methoxy groups -OCH3 is 1. The van der Waals surface area contributed by atoms with E-state index in [4.69, 9.17) is 10.5 Å². The van der Waals surface area contributed by atoms with Gasteiger partial charge in [0, 0.05) is 13.1 Å². The van der Waals surface area contributed by atoms with Gasteiger partial charge in [-0.3, -0.25) is 0 Å². The molecule has 0 radical (unpaired) electrons. The van der Waals surface area contributed by atoms with Gasteiger partial charge in [0.2, 0.25) is 5.88 Å². The van der Waals surface area contributed by atoms with E-state index in [0.717, 1.165) is 30.7 Å². The summed E-state index contributed by atoms with van der Waals surface area (Å²) in [5.74, 6) is 3.12. The number of piperidine rings is 1. The normalized spacial score (nSPS) is 17.2. The molecule has 0 amide bonds. The third-order valence-electron chi connectivity index (χ3n) is 3.87. The van der Waals surface area contributed by atoms with E-state index in [1.54, 1.807) is 7.11 Å². The van der Waals surface area contributed by atoms with Crippen LogP contribution in [0.1, 0.15) is 26.7 Å². The first kappa shape index (κ1) is 13.0. The van der Waals surface area contributed by atoms with Crippen LogP contribution in [0.2, 0.25) is 0 Å². The van der Waals surface area contributed by atoms with Gasteiger partial charge >= 0.3 is 0 Å². The number of nitrogens with zero attached hydrogens (tertiary/aromatic N) is 2. The Kier molecular flexibility index (Phi) is 3.94. The monoisotopic (exact) mass is 249 g/mol. The zero-order valence-electron chi connectivity index (χ0n) is 11.5. The Morgan fingerprint density at radius 2 is 2.00 bits per heavy atom. The van der Waals surface area contributed by atoms with E-state index in [9.17, 15) is 0 Å². The smallest absolute Gasteiger partial charge is 0.238 e. The lowest BCUT2D eigenvalue weighted by Crippen LogP contribution is -2.35. The molecule has 0 aliphatic carbocycles. The number of aromatic nitrogens is 1. The van der Waals surface area contributed by atoms with E-state index in [1.165, 1.54) is 12.8 Å². The van der Waals surface area contributed by atoms with Gasteiger partial charge in [-0.15, -0.1) is 0 Å². The van der Waals surface area contributed by atoms with Gasteiger partial charge in [-0.25, -0.2) is 0 Å². The van der Waals surface area contributed by atoms with Gasteiger partial charge < -0.3 is 15.4 Å². The highest BCUT2D eigenvalue weighted by Gasteiger charge is 2.22. The predicted molar refractivity (Wildman–Crippen MR) is 75.0 cm³/mol. The SMILES string of the molecule is COc1nc(N2CCC(C(C)C)CC2)ccc1N. The molecule has 4 heteroatoms. The molecule has 18 heavy (non-hydrogen) atoms. The highest BCUT2D eigenvalue weighted by molar-refractivity contribution is 5.54. The molecule has 0 spiro atoms. The molecular weight excluding hydrogens is 226 g/mol.